The summed E-state index contributed by atoms with van der Waals surface area (Å²) in [6.45, 7) is 5.88. The Hall–Kier alpha value is -2.94. The van der Waals surface area contributed by atoms with Crippen LogP contribution in [0.25, 0.3) is 5.65 Å². The Morgan fingerprint density at radius 2 is 2.24 bits per heavy atom. The summed E-state index contributed by atoms with van der Waals surface area (Å²) in [4.78, 5) is 23.9. The first-order valence-corrected chi connectivity index (χ1v) is 10.2. The zero-order chi connectivity index (χ0) is 19.8. The molecule has 3 N–H and O–H groups in total. The Balaban J connectivity index is 1.27. The number of aromatic nitrogens is 4. The van der Waals surface area contributed by atoms with Crippen molar-refractivity contribution >= 4 is 23.3 Å². The molecule has 0 radical (unpaired) electrons. The topological polar surface area (TPSA) is 99.5 Å². The lowest BCUT2D eigenvalue weighted by molar-refractivity contribution is -0.124. The monoisotopic (exact) mass is 392 g/mol. The molecule has 2 aromatic heterocycles. The van der Waals surface area contributed by atoms with Crippen molar-refractivity contribution in [3.63, 3.8) is 0 Å². The van der Waals surface area contributed by atoms with E-state index in [-0.39, 0.29) is 11.9 Å². The molecule has 0 aromatic carbocycles. The fraction of sp³-hybridized carbons (Fsp3) is 0.500. The average molecular weight is 392 g/mol. The van der Waals surface area contributed by atoms with E-state index < -0.39 is 5.41 Å². The maximum Gasteiger partial charge on any atom is 0.243 e. The number of carbonyl (C=O) groups is 1. The maximum absolute atomic E-state index is 12.2. The van der Waals surface area contributed by atoms with Crippen molar-refractivity contribution < 1.29 is 4.79 Å². The molecular weight excluding hydrogens is 368 g/mol. The summed E-state index contributed by atoms with van der Waals surface area (Å²) >= 11 is 0. The van der Waals surface area contributed by atoms with E-state index in [4.69, 9.17) is 4.98 Å². The summed E-state index contributed by atoms with van der Waals surface area (Å²) in [5.74, 6) is 1.52. The summed E-state index contributed by atoms with van der Waals surface area (Å²) in [5, 5.41) is 14.5. The normalized spacial score (nSPS) is 29.7. The number of hydrogen-bond acceptors (Lipinski definition) is 7. The number of piperazine rings is 1. The summed E-state index contributed by atoms with van der Waals surface area (Å²) in [5.41, 5.74) is 2.28. The van der Waals surface area contributed by atoms with E-state index in [1.165, 1.54) is 0 Å². The Bertz CT molecular complexity index is 1080. The molecule has 9 nitrogen and oxygen atoms in total. The van der Waals surface area contributed by atoms with Crippen LogP contribution in [0, 0.1) is 5.41 Å². The van der Waals surface area contributed by atoms with Gasteiger partial charge in [0.15, 0.2) is 11.5 Å². The number of nitrogens with zero attached hydrogens (tertiary/aromatic N) is 5. The van der Waals surface area contributed by atoms with E-state index in [0.29, 0.717) is 18.0 Å². The number of amides is 1. The lowest BCUT2D eigenvalue weighted by Gasteiger charge is -2.28. The minimum Gasteiger partial charge on any atom is -0.348 e. The molecule has 4 aliphatic rings. The van der Waals surface area contributed by atoms with Gasteiger partial charge in [0.1, 0.15) is 0 Å². The second-order valence-electron chi connectivity index (χ2n) is 8.87. The molecule has 0 saturated carbocycles. The molecule has 3 aliphatic heterocycles. The number of rotatable bonds is 3. The Morgan fingerprint density at radius 3 is 3.03 bits per heavy atom. The second-order valence-corrected chi connectivity index (χ2v) is 8.87. The van der Waals surface area contributed by atoms with Crippen LogP contribution < -0.4 is 20.9 Å². The molecule has 5 heterocycles. The number of fused-ring (bicyclic) bond motifs is 4. The molecule has 1 aliphatic carbocycles. The second kappa shape index (κ2) is 5.79. The highest BCUT2D eigenvalue weighted by molar-refractivity contribution is 5.93. The van der Waals surface area contributed by atoms with Gasteiger partial charge in [0, 0.05) is 43.3 Å². The number of nitrogens with one attached hydrogen (secondary N) is 3. The third kappa shape index (κ3) is 2.50. The van der Waals surface area contributed by atoms with Gasteiger partial charge in [-0.25, -0.2) is 9.50 Å². The molecule has 1 amide bonds. The van der Waals surface area contributed by atoms with Gasteiger partial charge in [0.25, 0.3) is 0 Å². The van der Waals surface area contributed by atoms with Crippen molar-refractivity contribution in [1.29, 1.82) is 0 Å². The molecule has 6 rings (SSSR count). The quantitative estimate of drug-likeness (QED) is 0.711. The summed E-state index contributed by atoms with van der Waals surface area (Å²) in [6.07, 6.45) is 9.78. The molecule has 9 heteroatoms. The Morgan fingerprint density at radius 1 is 1.34 bits per heavy atom. The minimum atomic E-state index is -0.470. The smallest absolute Gasteiger partial charge is 0.243 e. The largest absolute Gasteiger partial charge is 0.348 e. The van der Waals surface area contributed by atoms with Crippen molar-refractivity contribution in [3.8, 4) is 0 Å². The van der Waals surface area contributed by atoms with E-state index in [1.54, 1.807) is 10.7 Å². The number of allylic oxidation sites excluding steroid dienone is 1. The van der Waals surface area contributed by atoms with Gasteiger partial charge >= 0.3 is 0 Å². The van der Waals surface area contributed by atoms with Crippen molar-refractivity contribution in [2.75, 3.05) is 23.3 Å². The van der Waals surface area contributed by atoms with Crippen molar-refractivity contribution in [2.24, 2.45) is 5.41 Å². The molecule has 3 fully saturated rings. The van der Waals surface area contributed by atoms with E-state index in [9.17, 15) is 4.79 Å². The predicted octanol–water partition coefficient (Wildman–Crippen LogP) is 0.825. The fourth-order valence-corrected chi connectivity index (χ4v) is 4.97. The van der Waals surface area contributed by atoms with Gasteiger partial charge < -0.3 is 20.9 Å². The van der Waals surface area contributed by atoms with Gasteiger partial charge in [-0.05, 0) is 38.3 Å². The highest BCUT2D eigenvalue weighted by Gasteiger charge is 2.42. The first-order chi connectivity index (χ1) is 14.0. The lowest BCUT2D eigenvalue weighted by Crippen LogP contribution is -2.44. The van der Waals surface area contributed by atoms with Crippen LogP contribution in [0.2, 0.25) is 0 Å². The van der Waals surface area contributed by atoms with Crippen LogP contribution in [0.1, 0.15) is 26.7 Å². The SMILES string of the molecule is CC1(C)C(=O)NC2=CC(Nc3nc4c(N5CC6CC5CN6)nccn4n3)CC=C21. The molecule has 150 valence electrons. The molecular formula is C20H24N8O. The number of anilines is 2. The zero-order valence-corrected chi connectivity index (χ0v) is 16.5. The standard InChI is InChI=1S/C20H24N8O/c1-20(2)14-4-3-11(8-15(14)24-18(20)29)23-19-25-17-16(21-5-6-28(17)26-19)27-10-12-7-13(27)9-22-12/h4-6,8,11-13,22H,3,7,9-10H2,1-2H3,(H,23,26)(H,24,29). The van der Waals surface area contributed by atoms with Gasteiger partial charge in [-0.15, -0.1) is 5.10 Å². The van der Waals surface area contributed by atoms with Crippen LogP contribution in [0.15, 0.2) is 35.8 Å². The molecule has 2 bridgehead atoms. The van der Waals surface area contributed by atoms with E-state index in [0.717, 1.165) is 48.7 Å². The Labute approximate surface area is 168 Å². The van der Waals surface area contributed by atoms with Crippen LogP contribution >= 0.6 is 0 Å². The average Bonchev–Trinajstić information content (AvgIpc) is 3.45. The van der Waals surface area contributed by atoms with Crippen LogP contribution in [0.4, 0.5) is 11.8 Å². The van der Waals surface area contributed by atoms with E-state index >= 15 is 0 Å². The number of hydrogen-bond donors (Lipinski definition) is 3. The molecule has 0 spiro atoms. The maximum atomic E-state index is 12.2. The van der Waals surface area contributed by atoms with Gasteiger partial charge in [-0.1, -0.05) is 6.08 Å². The third-order valence-electron chi connectivity index (χ3n) is 6.60. The first kappa shape index (κ1) is 17.0. The summed E-state index contributed by atoms with van der Waals surface area (Å²) in [7, 11) is 0. The molecule has 3 unspecified atom stereocenters. The summed E-state index contributed by atoms with van der Waals surface area (Å²) < 4.78 is 1.79. The molecule has 3 atom stereocenters. The third-order valence-corrected chi connectivity index (χ3v) is 6.60. The lowest BCUT2D eigenvalue weighted by atomic mass is 9.82. The Kier molecular flexibility index (Phi) is 3.39. The highest BCUT2D eigenvalue weighted by Crippen LogP contribution is 2.39. The minimum absolute atomic E-state index is 0.0313. The number of carbonyl (C=O) groups excluding carboxylic acids is 1. The van der Waals surface area contributed by atoms with Crippen LogP contribution in [0.3, 0.4) is 0 Å². The van der Waals surface area contributed by atoms with Crippen LogP contribution in [-0.2, 0) is 4.79 Å². The van der Waals surface area contributed by atoms with Gasteiger partial charge in [0.05, 0.1) is 11.5 Å². The molecule has 29 heavy (non-hydrogen) atoms. The van der Waals surface area contributed by atoms with E-state index in [2.05, 4.69) is 43.1 Å². The van der Waals surface area contributed by atoms with Crippen molar-refractivity contribution in [1.82, 2.24) is 30.2 Å². The van der Waals surface area contributed by atoms with Crippen molar-refractivity contribution in [3.05, 3.63) is 35.8 Å². The first-order valence-electron chi connectivity index (χ1n) is 10.2. The highest BCUT2D eigenvalue weighted by atomic mass is 16.2. The van der Waals surface area contributed by atoms with Gasteiger partial charge in [-0.3, -0.25) is 4.79 Å². The summed E-state index contributed by atoms with van der Waals surface area (Å²) in [6, 6.07) is 1.06. The zero-order valence-electron chi connectivity index (χ0n) is 16.5. The van der Waals surface area contributed by atoms with Gasteiger partial charge in [0.2, 0.25) is 11.9 Å². The van der Waals surface area contributed by atoms with Crippen LogP contribution in [-0.4, -0.2) is 56.7 Å². The molecule has 3 saturated heterocycles. The van der Waals surface area contributed by atoms with Crippen LogP contribution in [0.5, 0.6) is 0 Å². The molecule has 2 aromatic rings. The van der Waals surface area contributed by atoms with Crippen molar-refractivity contribution in [2.45, 2.75) is 44.8 Å². The fourth-order valence-electron chi connectivity index (χ4n) is 4.97. The van der Waals surface area contributed by atoms with E-state index in [1.807, 2.05) is 20.0 Å². The van der Waals surface area contributed by atoms with Gasteiger partial charge in [-0.2, -0.15) is 4.98 Å². The predicted molar refractivity (Wildman–Crippen MR) is 108 cm³/mol.